The van der Waals surface area contributed by atoms with E-state index in [1.165, 1.54) is 0 Å². The van der Waals surface area contributed by atoms with Crippen LogP contribution in [0.2, 0.25) is 0 Å². The number of benzene rings is 1. The molecule has 1 atom stereocenters. The predicted molar refractivity (Wildman–Crippen MR) is 88.4 cm³/mol. The van der Waals surface area contributed by atoms with Gasteiger partial charge in [-0.15, -0.1) is 0 Å². The highest BCUT2D eigenvalue weighted by molar-refractivity contribution is 7.89. The summed E-state index contributed by atoms with van der Waals surface area (Å²) in [5.74, 6) is 1.42. The average molecular weight is 339 g/mol. The van der Waals surface area contributed by atoms with E-state index in [2.05, 4.69) is 13.8 Å². The van der Waals surface area contributed by atoms with E-state index in [9.17, 15) is 8.42 Å². The van der Waals surface area contributed by atoms with Crippen LogP contribution in [0.15, 0.2) is 23.1 Å². The lowest BCUT2D eigenvalue weighted by Crippen LogP contribution is -2.42. The molecule has 1 aliphatic heterocycles. The van der Waals surface area contributed by atoms with Gasteiger partial charge < -0.3 is 9.47 Å². The molecule has 0 aromatic heterocycles. The lowest BCUT2D eigenvalue weighted by atomic mass is 10.1. The molecule has 6 heteroatoms. The van der Waals surface area contributed by atoms with Crippen LogP contribution in [0.1, 0.15) is 40.0 Å². The topological polar surface area (TPSA) is 55.8 Å². The fourth-order valence-corrected chi connectivity index (χ4v) is 4.82. The second-order valence-electron chi connectivity index (χ2n) is 6.71. The normalized spacial score (nSPS) is 19.7. The molecule has 1 aromatic carbocycles. The van der Waals surface area contributed by atoms with Crippen LogP contribution >= 0.6 is 0 Å². The van der Waals surface area contributed by atoms with E-state index in [0.717, 1.165) is 19.3 Å². The SMILES string of the molecule is CC(C)[C@H](C)N(C1CC1)S(=O)(=O)c1ccc2c(c1)OCCCO2. The van der Waals surface area contributed by atoms with Gasteiger partial charge in [0.25, 0.3) is 0 Å². The first-order valence-electron chi connectivity index (χ1n) is 8.34. The van der Waals surface area contributed by atoms with Gasteiger partial charge in [0.2, 0.25) is 10.0 Å². The van der Waals surface area contributed by atoms with Crippen LogP contribution in [0.5, 0.6) is 11.5 Å². The summed E-state index contributed by atoms with van der Waals surface area (Å²) < 4.78 is 39.2. The van der Waals surface area contributed by atoms with Crippen LogP contribution in [0, 0.1) is 5.92 Å². The number of sulfonamides is 1. The molecule has 23 heavy (non-hydrogen) atoms. The molecule has 0 bridgehead atoms. The summed E-state index contributed by atoms with van der Waals surface area (Å²) in [6.45, 7) is 7.25. The number of rotatable bonds is 5. The Morgan fingerprint density at radius 3 is 2.35 bits per heavy atom. The van der Waals surface area contributed by atoms with Crippen LogP contribution in [-0.2, 0) is 10.0 Å². The van der Waals surface area contributed by atoms with Crippen molar-refractivity contribution in [3.05, 3.63) is 18.2 Å². The molecular weight excluding hydrogens is 314 g/mol. The summed E-state index contributed by atoms with van der Waals surface area (Å²) >= 11 is 0. The van der Waals surface area contributed by atoms with Crippen molar-refractivity contribution in [2.24, 2.45) is 5.92 Å². The van der Waals surface area contributed by atoms with Crippen molar-refractivity contribution in [3.8, 4) is 11.5 Å². The Morgan fingerprint density at radius 2 is 1.74 bits per heavy atom. The minimum Gasteiger partial charge on any atom is -0.490 e. The third-order valence-corrected chi connectivity index (χ3v) is 6.60. The molecule has 1 aliphatic carbocycles. The molecule has 1 heterocycles. The second kappa shape index (κ2) is 6.32. The molecular formula is C17H25NO4S. The Kier molecular flexibility index (Phi) is 4.56. The third-order valence-electron chi connectivity index (χ3n) is 4.57. The number of hydrogen-bond acceptors (Lipinski definition) is 4. The maximum Gasteiger partial charge on any atom is 0.243 e. The Morgan fingerprint density at radius 1 is 1.09 bits per heavy atom. The van der Waals surface area contributed by atoms with Crippen molar-refractivity contribution in [2.75, 3.05) is 13.2 Å². The maximum atomic E-state index is 13.2. The molecule has 0 N–H and O–H groups in total. The Bertz CT molecular complexity index is 667. The third kappa shape index (κ3) is 3.33. The first-order chi connectivity index (χ1) is 10.9. The molecule has 0 saturated heterocycles. The molecule has 3 rings (SSSR count). The van der Waals surface area contributed by atoms with Crippen LogP contribution < -0.4 is 9.47 Å². The van der Waals surface area contributed by atoms with Gasteiger partial charge in [-0.25, -0.2) is 8.42 Å². The number of fused-ring (bicyclic) bond motifs is 1. The molecule has 1 fully saturated rings. The number of hydrogen-bond donors (Lipinski definition) is 0. The average Bonchev–Trinajstić information content (AvgIpc) is 3.32. The van der Waals surface area contributed by atoms with Gasteiger partial charge in [0.1, 0.15) is 0 Å². The van der Waals surface area contributed by atoms with E-state index in [-0.39, 0.29) is 18.0 Å². The molecule has 128 valence electrons. The van der Waals surface area contributed by atoms with Gasteiger partial charge in [0, 0.05) is 24.6 Å². The van der Waals surface area contributed by atoms with Crippen molar-refractivity contribution in [2.45, 2.75) is 57.0 Å². The van der Waals surface area contributed by atoms with Crippen molar-refractivity contribution >= 4 is 10.0 Å². The highest BCUT2D eigenvalue weighted by atomic mass is 32.2. The zero-order chi connectivity index (χ0) is 16.6. The van der Waals surface area contributed by atoms with Gasteiger partial charge in [-0.1, -0.05) is 13.8 Å². The largest absolute Gasteiger partial charge is 0.490 e. The summed E-state index contributed by atoms with van der Waals surface area (Å²) in [5.41, 5.74) is 0. The van der Waals surface area contributed by atoms with Crippen LogP contribution in [0.3, 0.4) is 0 Å². The van der Waals surface area contributed by atoms with Crippen molar-refractivity contribution in [3.63, 3.8) is 0 Å². The van der Waals surface area contributed by atoms with E-state index >= 15 is 0 Å². The van der Waals surface area contributed by atoms with E-state index in [0.29, 0.717) is 29.6 Å². The lowest BCUT2D eigenvalue weighted by Gasteiger charge is -2.31. The summed E-state index contributed by atoms with van der Waals surface area (Å²) in [6, 6.07) is 5.05. The van der Waals surface area contributed by atoms with E-state index < -0.39 is 10.0 Å². The van der Waals surface area contributed by atoms with Crippen molar-refractivity contribution in [1.82, 2.24) is 4.31 Å². The fourth-order valence-electron chi connectivity index (χ4n) is 2.80. The molecule has 0 amide bonds. The number of nitrogens with zero attached hydrogens (tertiary/aromatic N) is 1. The quantitative estimate of drug-likeness (QED) is 0.827. The predicted octanol–water partition coefficient (Wildman–Crippen LogP) is 3.05. The Hall–Kier alpha value is -1.27. The zero-order valence-electron chi connectivity index (χ0n) is 14.0. The maximum absolute atomic E-state index is 13.2. The van der Waals surface area contributed by atoms with Gasteiger partial charge in [0.05, 0.1) is 18.1 Å². The minimum atomic E-state index is -3.53. The second-order valence-corrected chi connectivity index (χ2v) is 8.55. The highest BCUT2D eigenvalue weighted by Gasteiger charge is 2.42. The zero-order valence-corrected chi connectivity index (χ0v) is 14.8. The molecule has 1 aromatic rings. The summed E-state index contributed by atoms with van der Waals surface area (Å²) in [4.78, 5) is 0.293. The van der Waals surface area contributed by atoms with Crippen LogP contribution in [0.4, 0.5) is 0 Å². The van der Waals surface area contributed by atoms with E-state index in [4.69, 9.17) is 9.47 Å². The molecule has 0 unspecified atom stereocenters. The van der Waals surface area contributed by atoms with E-state index in [1.807, 2.05) is 6.92 Å². The smallest absolute Gasteiger partial charge is 0.243 e. The van der Waals surface area contributed by atoms with Crippen LogP contribution in [0.25, 0.3) is 0 Å². The van der Waals surface area contributed by atoms with Gasteiger partial charge in [-0.2, -0.15) is 4.31 Å². The van der Waals surface area contributed by atoms with Crippen LogP contribution in [-0.4, -0.2) is 38.0 Å². The van der Waals surface area contributed by atoms with Gasteiger partial charge in [-0.3, -0.25) is 0 Å². The first kappa shape index (κ1) is 16.6. The van der Waals surface area contributed by atoms with Gasteiger partial charge >= 0.3 is 0 Å². The monoisotopic (exact) mass is 339 g/mol. The first-order valence-corrected chi connectivity index (χ1v) is 9.78. The minimum absolute atomic E-state index is 0.0246. The van der Waals surface area contributed by atoms with E-state index in [1.54, 1.807) is 22.5 Å². The molecule has 1 saturated carbocycles. The van der Waals surface area contributed by atoms with Crippen molar-refractivity contribution in [1.29, 1.82) is 0 Å². The van der Waals surface area contributed by atoms with Gasteiger partial charge in [-0.05, 0) is 37.8 Å². The summed E-state index contributed by atoms with van der Waals surface area (Å²) in [6.07, 6.45) is 2.69. The fraction of sp³-hybridized carbons (Fsp3) is 0.647. The highest BCUT2D eigenvalue weighted by Crippen LogP contribution is 2.38. The van der Waals surface area contributed by atoms with Crippen molar-refractivity contribution < 1.29 is 17.9 Å². The molecule has 0 radical (unpaired) electrons. The number of ether oxygens (including phenoxy) is 2. The Labute approximate surface area is 138 Å². The lowest BCUT2D eigenvalue weighted by molar-refractivity contribution is 0.268. The summed E-state index contributed by atoms with van der Waals surface area (Å²) in [5, 5.41) is 0. The Balaban J connectivity index is 1.96. The molecule has 0 spiro atoms. The standard InChI is InChI=1S/C17H25NO4S/c1-12(2)13(3)18(14-5-6-14)23(19,20)15-7-8-16-17(11-15)22-10-4-9-21-16/h7-8,11-14H,4-6,9-10H2,1-3H3/t13-/m0/s1. The summed E-state index contributed by atoms with van der Waals surface area (Å²) in [7, 11) is -3.53. The molecule has 5 nitrogen and oxygen atoms in total. The molecule has 2 aliphatic rings. The van der Waals surface area contributed by atoms with Gasteiger partial charge in [0.15, 0.2) is 11.5 Å².